The number of nitrogens with two attached hydrogens (primary N) is 1. The molecule has 0 spiro atoms. The molecule has 102 valence electrons. The summed E-state index contributed by atoms with van der Waals surface area (Å²) in [4.78, 5) is 0. The fourth-order valence-electron chi connectivity index (χ4n) is 3.06. The number of rotatable bonds is 6. The monoisotopic (exact) mass is 252 g/mol. The van der Waals surface area contributed by atoms with Crippen molar-refractivity contribution in [3.8, 4) is 0 Å². The van der Waals surface area contributed by atoms with Gasteiger partial charge in [-0.25, -0.2) is 0 Å². The molecule has 5 nitrogen and oxygen atoms in total. The first kappa shape index (κ1) is 13.5. The Bertz CT molecular complexity index is 371. The summed E-state index contributed by atoms with van der Waals surface area (Å²) in [5.74, 6) is 5.77. The van der Waals surface area contributed by atoms with Crippen LogP contribution in [0.2, 0.25) is 0 Å². The second kappa shape index (κ2) is 5.82. The highest BCUT2D eigenvalue weighted by Gasteiger charge is 2.41. The van der Waals surface area contributed by atoms with Gasteiger partial charge in [0.05, 0.1) is 17.8 Å². The van der Waals surface area contributed by atoms with Crippen LogP contribution in [0.15, 0.2) is 12.4 Å². The van der Waals surface area contributed by atoms with Gasteiger partial charge in [0.15, 0.2) is 0 Å². The molecular weight excluding hydrogens is 228 g/mol. The summed E-state index contributed by atoms with van der Waals surface area (Å²) in [6.07, 6.45) is 9.45. The average Bonchev–Trinajstić information content (AvgIpc) is 2.97. The molecule has 0 radical (unpaired) electrons. The highest BCUT2D eigenvalue weighted by atomic mass is 16.5. The average molecular weight is 252 g/mol. The van der Waals surface area contributed by atoms with Crippen LogP contribution in [0.5, 0.6) is 0 Å². The lowest BCUT2D eigenvalue weighted by atomic mass is 9.88. The molecular formula is C13H24N4O. The number of aromatic nitrogens is 2. The molecule has 1 aliphatic rings. The van der Waals surface area contributed by atoms with Crippen molar-refractivity contribution in [3.05, 3.63) is 18.0 Å². The van der Waals surface area contributed by atoms with Gasteiger partial charge in [0.25, 0.3) is 0 Å². The summed E-state index contributed by atoms with van der Waals surface area (Å²) < 4.78 is 7.88. The summed E-state index contributed by atoms with van der Waals surface area (Å²) >= 11 is 0. The van der Waals surface area contributed by atoms with Crippen LogP contribution in [0.3, 0.4) is 0 Å². The van der Waals surface area contributed by atoms with Crippen LogP contribution in [0, 0.1) is 0 Å². The van der Waals surface area contributed by atoms with Crippen molar-refractivity contribution in [3.63, 3.8) is 0 Å². The maximum Gasteiger partial charge on any atom is 0.0851 e. The van der Waals surface area contributed by atoms with Crippen LogP contribution in [-0.4, -0.2) is 28.0 Å². The Morgan fingerprint density at radius 2 is 2.28 bits per heavy atom. The van der Waals surface area contributed by atoms with Gasteiger partial charge in [0.2, 0.25) is 0 Å². The molecule has 3 N–H and O–H groups in total. The Kier molecular flexibility index (Phi) is 4.37. The molecule has 18 heavy (non-hydrogen) atoms. The third-order valence-corrected chi connectivity index (χ3v) is 3.92. The fraction of sp³-hybridized carbons (Fsp3) is 0.769. The summed E-state index contributed by atoms with van der Waals surface area (Å²) in [5, 5.41) is 4.21. The van der Waals surface area contributed by atoms with Crippen molar-refractivity contribution in [2.24, 2.45) is 12.9 Å². The lowest BCUT2D eigenvalue weighted by Crippen LogP contribution is -2.54. The molecule has 1 aromatic heterocycles. The van der Waals surface area contributed by atoms with Crippen molar-refractivity contribution in [2.75, 3.05) is 6.61 Å². The molecule has 1 aliphatic carbocycles. The molecule has 0 saturated heterocycles. The molecule has 1 heterocycles. The third kappa shape index (κ3) is 2.74. The van der Waals surface area contributed by atoms with Gasteiger partial charge in [0, 0.05) is 19.9 Å². The number of ether oxygens (including phenoxy) is 1. The van der Waals surface area contributed by atoms with E-state index in [1.54, 1.807) is 0 Å². The van der Waals surface area contributed by atoms with E-state index in [0.717, 1.165) is 25.9 Å². The van der Waals surface area contributed by atoms with Gasteiger partial charge < -0.3 is 4.74 Å². The van der Waals surface area contributed by atoms with Gasteiger partial charge in [-0.3, -0.25) is 16.0 Å². The lowest BCUT2D eigenvalue weighted by Gasteiger charge is -2.37. The molecule has 0 amide bonds. The van der Waals surface area contributed by atoms with E-state index < -0.39 is 0 Å². The van der Waals surface area contributed by atoms with Crippen molar-refractivity contribution >= 4 is 0 Å². The van der Waals surface area contributed by atoms with Crippen LogP contribution in [0.4, 0.5) is 0 Å². The maximum atomic E-state index is 6.05. The molecule has 1 saturated carbocycles. The Morgan fingerprint density at radius 3 is 2.78 bits per heavy atom. The second-order valence-corrected chi connectivity index (χ2v) is 5.15. The second-order valence-electron chi connectivity index (χ2n) is 5.15. The summed E-state index contributed by atoms with van der Waals surface area (Å²) in [5.41, 5.74) is 4.07. The summed E-state index contributed by atoms with van der Waals surface area (Å²) in [7, 11) is 1.93. The van der Waals surface area contributed by atoms with E-state index in [2.05, 4.69) is 17.4 Å². The van der Waals surface area contributed by atoms with E-state index in [-0.39, 0.29) is 11.6 Å². The van der Waals surface area contributed by atoms with Crippen molar-refractivity contribution < 1.29 is 4.74 Å². The largest absolute Gasteiger partial charge is 0.374 e. The predicted molar refractivity (Wildman–Crippen MR) is 70.8 cm³/mol. The van der Waals surface area contributed by atoms with Crippen molar-refractivity contribution in [1.82, 2.24) is 15.2 Å². The number of hydrogen-bond acceptors (Lipinski definition) is 4. The normalized spacial score (nSPS) is 20.2. The van der Waals surface area contributed by atoms with E-state index in [1.807, 2.05) is 24.1 Å². The van der Waals surface area contributed by atoms with Crippen molar-refractivity contribution in [1.29, 1.82) is 0 Å². The molecule has 5 heteroatoms. The predicted octanol–water partition coefficient (Wildman–Crippen LogP) is 1.14. The quantitative estimate of drug-likeness (QED) is 0.589. The van der Waals surface area contributed by atoms with Gasteiger partial charge in [-0.05, 0) is 31.7 Å². The highest BCUT2D eigenvalue weighted by Crippen LogP contribution is 2.37. The topological polar surface area (TPSA) is 65.1 Å². The van der Waals surface area contributed by atoms with E-state index in [9.17, 15) is 0 Å². The van der Waals surface area contributed by atoms with Gasteiger partial charge in [0.1, 0.15) is 0 Å². The molecule has 2 rings (SSSR count). The zero-order chi connectivity index (χ0) is 13.0. The maximum absolute atomic E-state index is 6.05. The Balaban J connectivity index is 2.10. The lowest BCUT2D eigenvalue weighted by molar-refractivity contribution is -0.0613. The minimum absolute atomic E-state index is 0.0979. The van der Waals surface area contributed by atoms with Gasteiger partial charge in [-0.2, -0.15) is 5.10 Å². The van der Waals surface area contributed by atoms with Crippen LogP contribution in [0.1, 0.15) is 38.2 Å². The third-order valence-electron chi connectivity index (χ3n) is 3.92. The van der Waals surface area contributed by atoms with E-state index in [1.165, 1.54) is 18.4 Å². The van der Waals surface area contributed by atoms with Gasteiger partial charge >= 0.3 is 0 Å². The summed E-state index contributed by atoms with van der Waals surface area (Å²) in [6.45, 7) is 2.79. The SMILES string of the molecule is CCOC1(C(Cc2cnn(C)c2)NN)CCCC1. The minimum atomic E-state index is -0.0979. The number of hydrazine groups is 1. The molecule has 0 aliphatic heterocycles. The Labute approximate surface area is 109 Å². The molecule has 1 atom stereocenters. The van der Waals surface area contributed by atoms with Crippen LogP contribution >= 0.6 is 0 Å². The molecule has 1 unspecified atom stereocenters. The number of nitrogens with one attached hydrogen (secondary N) is 1. The van der Waals surface area contributed by atoms with Gasteiger partial charge in [-0.1, -0.05) is 12.8 Å². The van der Waals surface area contributed by atoms with Crippen LogP contribution in [-0.2, 0) is 18.2 Å². The van der Waals surface area contributed by atoms with Crippen LogP contribution in [0.25, 0.3) is 0 Å². The van der Waals surface area contributed by atoms with Crippen LogP contribution < -0.4 is 11.3 Å². The number of nitrogens with zero attached hydrogens (tertiary/aromatic N) is 2. The van der Waals surface area contributed by atoms with E-state index >= 15 is 0 Å². The molecule has 1 aromatic rings. The van der Waals surface area contributed by atoms with E-state index in [0.29, 0.717) is 0 Å². The standard InChI is InChI=1S/C13H24N4O/c1-3-18-13(6-4-5-7-13)12(16-14)8-11-9-15-17(2)10-11/h9-10,12,16H,3-8,14H2,1-2H3. The first-order valence-electron chi connectivity index (χ1n) is 6.78. The molecule has 0 bridgehead atoms. The van der Waals surface area contributed by atoms with Gasteiger partial charge in [-0.15, -0.1) is 0 Å². The fourth-order valence-corrected chi connectivity index (χ4v) is 3.06. The van der Waals surface area contributed by atoms with E-state index in [4.69, 9.17) is 10.6 Å². The first-order valence-corrected chi connectivity index (χ1v) is 6.78. The number of hydrogen-bond donors (Lipinski definition) is 2. The number of aryl methyl sites for hydroxylation is 1. The highest BCUT2D eigenvalue weighted by molar-refractivity contribution is 5.10. The zero-order valence-electron chi connectivity index (χ0n) is 11.4. The summed E-state index contributed by atoms with van der Waals surface area (Å²) in [6, 6.07) is 0.157. The molecule has 0 aromatic carbocycles. The minimum Gasteiger partial charge on any atom is -0.374 e. The smallest absolute Gasteiger partial charge is 0.0851 e. The van der Waals surface area contributed by atoms with Crippen molar-refractivity contribution in [2.45, 2.75) is 50.7 Å². The Hall–Kier alpha value is -0.910. The Morgan fingerprint density at radius 1 is 1.56 bits per heavy atom. The first-order chi connectivity index (χ1) is 8.70. The molecule has 1 fully saturated rings. The zero-order valence-corrected chi connectivity index (χ0v) is 11.4.